The highest BCUT2D eigenvalue weighted by molar-refractivity contribution is 5.82. The van der Waals surface area contributed by atoms with Crippen molar-refractivity contribution in [3.8, 4) is 11.5 Å². The fourth-order valence-corrected chi connectivity index (χ4v) is 2.44. The van der Waals surface area contributed by atoms with Gasteiger partial charge in [0, 0.05) is 11.6 Å². The summed E-state index contributed by atoms with van der Waals surface area (Å²) in [5.74, 6) is 0.776. The Morgan fingerprint density at radius 1 is 1.14 bits per heavy atom. The molecule has 0 heterocycles. The van der Waals surface area contributed by atoms with E-state index in [9.17, 15) is 9.90 Å². The number of carbonyl (C=O) groups excluding carboxylic acids is 1. The molecule has 0 unspecified atom stereocenters. The van der Waals surface area contributed by atoms with Gasteiger partial charge in [-0.25, -0.2) is 4.79 Å². The second-order valence-electron chi connectivity index (χ2n) is 5.25. The smallest absolute Gasteiger partial charge is 0.330 e. The summed E-state index contributed by atoms with van der Waals surface area (Å²) in [6, 6.07) is 0. The van der Waals surface area contributed by atoms with Crippen LogP contribution in [0.25, 0.3) is 0 Å². The Morgan fingerprint density at radius 2 is 1.76 bits per heavy atom. The third-order valence-corrected chi connectivity index (χ3v) is 3.88. The number of aromatic hydroxyl groups is 1. The van der Waals surface area contributed by atoms with Gasteiger partial charge in [0.05, 0.1) is 14.2 Å². The fourth-order valence-electron chi connectivity index (χ4n) is 2.44. The van der Waals surface area contributed by atoms with Gasteiger partial charge in [0.1, 0.15) is 11.5 Å². The average molecular weight is 292 g/mol. The van der Waals surface area contributed by atoms with Crippen LogP contribution in [0.5, 0.6) is 11.5 Å². The minimum atomic E-state index is -0.355. The highest BCUT2D eigenvalue weighted by atomic mass is 16.5. The number of rotatable bonds is 5. The van der Waals surface area contributed by atoms with Crippen LogP contribution in [0.15, 0.2) is 11.6 Å². The lowest BCUT2D eigenvalue weighted by Gasteiger charge is -2.18. The SMILES string of the molecule is COC(=O)/C=C(\C)CCc1c(C)c(OC)c(C)c(C)c1O. The molecule has 116 valence electrons. The van der Waals surface area contributed by atoms with Crippen LogP contribution < -0.4 is 4.74 Å². The van der Waals surface area contributed by atoms with Gasteiger partial charge in [-0.05, 0) is 57.2 Å². The molecule has 0 aromatic heterocycles. The van der Waals surface area contributed by atoms with E-state index in [1.54, 1.807) is 7.11 Å². The fraction of sp³-hybridized carbons (Fsp3) is 0.471. The molecule has 0 saturated carbocycles. The molecule has 0 aliphatic carbocycles. The molecule has 1 rings (SSSR count). The van der Waals surface area contributed by atoms with E-state index in [4.69, 9.17) is 4.74 Å². The number of phenolic OH excluding ortho intramolecular Hbond substituents is 1. The van der Waals surface area contributed by atoms with Gasteiger partial charge < -0.3 is 14.6 Å². The summed E-state index contributed by atoms with van der Waals surface area (Å²) in [5.41, 5.74) is 4.52. The summed E-state index contributed by atoms with van der Waals surface area (Å²) in [7, 11) is 2.99. The summed E-state index contributed by atoms with van der Waals surface area (Å²) in [6.45, 7) is 7.64. The Bertz CT molecular complexity index is 571. The largest absolute Gasteiger partial charge is 0.507 e. The second kappa shape index (κ2) is 7.16. The van der Waals surface area contributed by atoms with E-state index in [0.29, 0.717) is 18.6 Å². The van der Waals surface area contributed by atoms with Crippen molar-refractivity contribution in [1.29, 1.82) is 0 Å². The zero-order valence-electron chi connectivity index (χ0n) is 13.7. The minimum absolute atomic E-state index is 0.316. The van der Waals surface area contributed by atoms with Gasteiger partial charge in [0.15, 0.2) is 0 Å². The average Bonchev–Trinajstić information content (AvgIpc) is 2.45. The van der Waals surface area contributed by atoms with Crippen LogP contribution in [0, 0.1) is 20.8 Å². The van der Waals surface area contributed by atoms with Crippen molar-refractivity contribution in [2.45, 2.75) is 40.5 Å². The van der Waals surface area contributed by atoms with E-state index in [2.05, 4.69) is 4.74 Å². The number of hydrogen-bond acceptors (Lipinski definition) is 4. The first-order valence-electron chi connectivity index (χ1n) is 6.94. The topological polar surface area (TPSA) is 55.8 Å². The van der Waals surface area contributed by atoms with Crippen LogP contribution >= 0.6 is 0 Å². The third kappa shape index (κ3) is 3.78. The lowest BCUT2D eigenvalue weighted by molar-refractivity contribution is -0.134. The Kier molecular flexibility index (Phi) is 5.82. The predicted molar refractivity (Wildman–Crippen MR) is 83.0 cm³/mol. The summed E-state index contributed by atoms with van der Waals surface area (Å²) >= 11 is 0. The molecule has 21 heavy (non-hydrogen) atoms. The van der Waals surface area contributed by atoms with Crippen molar-refractivity contribution in [2.75, 3.05) is 14.2 Å². The van der Waals surface area contributed by atoms with Gasteiger partial charge in [-0.15, -0.1) is 0 Å². The first kappa shape index (κ1) is 17.1. The predicted octanol–water partition coefficient (Wildman–Crippen LogP) is 3.38. The minimum Gasteiger partial charge on any atom is -0.507 e. The molecule has 4 heteroatoms. The van der Waals surface area contributed by atoms with Crippen LogP contribution in [-0.2, 0) is 16.0 Å². The lowest BCUT2D eigenvalue weighted by atomic mass is 9.93. The van der Waals surface area contributed by atoms with E-state index in [-0.39, 0.29) is 5.97 Å². The molecule has 0 fully saturated rings. The number of benzene rings is 1. The van der Waals surface area contributed by atoms with Crippen LogP contribution in [-0.4, -0.2) is 25.3 Å². The molecule has 0 radical (unpaired) electrons. The van der Waals surface area contributed by atoms with E-state index in [1.807, 2.05) is 27.7 Å². The van der Waals surface area contributed by atoms with Gasteiger partial charge in [-0.3, -0.25) is 0 Å². The van der Waals surface area contributed by atoms with Crippen molar-refractivity contribution in [3.63, 3.8) is 0 Å². The number of allylic oxidation sites excluding steroid dienone is 1. The van der Waals surface area contributed by atoms with Gasteiger partial charge in [0.2, 0.25) is 0 Å². The first-order valence-corrected chi connectivity index (χ1v) is 6.94. The third-order valence-electron chi connectivity index (χ3n) is 3.88. The highest BCUT2D eigenvalue weighted by Gasteiger charge is 2.17. The van der Waals surface area contributed by atoms with Crippen molar-refractivity contribution >= 4 is 5.97 Å². The van der Waals surface area contributed by atoms with E-state index in [1.165, 1.54) is 13.2 Å². The number of ether oxygens (including phenoxy) is 2. The lowest BCUT2D eigenvalue weighted by Crippen LogP contribution is -2.02. The standard InChI is InChI=1S/C17H24O4/c1-10(9-15(18)20-5)7-8-14-13(4)17(21-6)12(3)11(2)16(14)19/h9,19H,7-8H2,1-6H3/b10-9+. The number of carbonyl (C=O) groups is 1. The molecule has 1 aromatic rings. The molecule has 0 saturated heterocycles. The maximum absolute atomic E-state index is 11.2. The van der Waals surface area contributed by atoms with Crippen molar-refractivity contribution in [2.24, 2.45) is 0 Å². The summed E-state index contributed by atoms with van der Waals surface area (Å²) in [6.07, 6.45) is 2.80. The Balaban J connectivity index is 3.07. The zero-order valence-corrected chi connectivity index (χ0v) is 13.7. The molecular weight excluding hydrogens is 268 g/mol. The quantitative estimate of drug-likeness (QED) is 0.667. The van der Waals surface area contributed by atoms with E-state index in [0.717, 1.165) is 33.6 Å². The summed E-state index contributed by atoms with van der Waals surface area (Å²) < 4.78 is 10.0. The maximum atomic E-state index is 11.2. The molecule has 4 nitrogen and oxygen atoms in total. The molecule has 0 bridgehead atoms. The van der Waals surface area contributed by atoms with Crippen molar-refractivity contribution in [3.05, 3.63) is 33.9 Å². The number of hydrogen-bond donors (Lipinski definition) is 1. The normalized spacial score (nSPS) is 11.4. The highest BCUT2D eigenvalue weighted by Crippen LogP contribution is 2.37. The second-order valence-corrected chi connectivity index (χ2v) is 5.25. The Labute approximate surface area is 126 Å². The van der Waals surface area contributed by atoms with E-state index >= 15 is 0 Å². The molecule has 1 N–H and O–H groups in total. The van der Waals surface area contributed by atoms with Crippen molar-refractivity contribution < 1.29 is 19.4 Å². The number of phenols is 1. The number of esters is 1. The Morgan fingerprint density at radius 3 is 2.29 bits per heavy atom. The molecule has 0 amide bonds. The van der Waals surface area contributed by atoms with Gasteiger partial charge in [-0.1, -0.05) is 5.57 Å². The first-order chi connectivity index (χ1) is 9.83. The molecule has 0 aliphatic rings. The molecule has 1 aromatic carbocycles. The van der Waals surface area contributed by atoms with Crippen LogP contribution in [0.1, 0.15) is 35.6 Å². The van der Waals surface area contributed by atoms with Crippen molar-refractivity contribution in [1.82, 2.24) is 0 Å². The number of methoxy groups -OCH3 is 2. The van der Waals surface area contributed by atoms with Crippen LogP contribution in [0.2, 0.25) is 0 Å². The molecule has 0 spiro atoms. The summed E-state index contributed by atoms with van der Waals surface area (Å²) in [5, 5.41) is 10.4. The van der Waals surface area contributed by atoms with Crippen LogP contribution in [0.3, 0.4) is 0 Å². The maximum Gasteiger partial charge on any atom is 0.330 e. The summed E-state index contributed by atoms with van der Waals surface area (Å²) in [4.78, 5) is 11.2. The molecule has 0 atom stereocenters. The van der Waals surface area contributed by atoms with Gasteiger partial charge in [0.25, 0.3) is 0 Å². The zero-order chi connectivity index (χ0) is 16.2. The molecule has 0 aliphatic heterocycles. The molecular formula is C17H24O4. The van der Waals surface area contributed by atoms with Gasteiger partial charge in [-0.2, -0.15) is 0 Å². The monoisotopic (exact) mass is 292 g/mol. The van der Waals surface area contributed by atoms with Crippen LogP contribution in [0.4, 0.5) is 0 Å². The van der Waals surface area contributed by atoms with Gasteiger partial charge >= 0.3 is 5.97 Å². The van der Waals surface area contributed by atoms with E-state index < -0.39 is 0 Å². The Hall–Kier alpha value is -1.97.